The van der Waals surface area contributed by atoms with E-state index in [2.05, 4.69) is 92.7 Å². The second-order valence-corrected chi connectivity index (χ2v) is 19.9. The number of carboxylic acid groups (broad SMARTS) is 1. The van der Waals surface area contributed by atoms with Gasteiger partial charge in [0.2, 0.25) is 5.91 Å². The average Bonchev–Trinajstić information content (AvgIpc) is 3.51. The SMILES string of the molecule is C=CC(=O)N1CCN(c2nc(OC[C@@H]3[C@@H](O[Si](C)(C)C(C)(C)C)CCN3C(=O)O)nc3c2CCN(c2cccc4ccccc24)C3)C[C@@H]1CC#N. The summed E-state index contributed by atoms with van der Waals surface area (Å²) in [6, 6.07) is 16.3. The minimum Gasteiger partial charge on any atom is -0.465 e. The number of piperazine rings is 1. The third kappa shape index (κ3) is 7.39. The molecule has 12 nitrogen and oxygen atoms in total. The molecule has 3 aromatic rings. The van der Waals surface area contributed by atoms with Crippen molar-refractivity contribution in [2.45, 2.75) is 82.9 Å². The topological polar surface area (TPSA) is 135 Å². The average molecular weight is 712 g/mol. The van der Waals surface area contributed by atoms with E-state index in [0.717, 1.165) is 34.7 Å². The maximum absolute atomic E-state index is 12.7. The zero-order chi connectivity index (χ0) is 36.5. The fourth-order valence-corrected chi connectivity index (χ4v) is 8.64. The lowest BCUT2D eigenvalue weighted by Gasteiger charge is -2.42. The molecule has 51 heavy (non-hydrogen) atoms. The Morgan fingerprint density at radius 2 is 1.82 bits per heavy atom. The molecule has 2 amide bonds. The van der Waals surface area contributed by atoms with Gasteiger partial charge in [-0.1, -0.05) is 63.7 Å². The highest BCUT2D eigenvalue weighted by Crippen LogP contribution is 2.40. The Kier molecular flexibility index (Phi) is 10.3. The maximum Gasteiger partial charge on any atom is 0.407 e. The van der Waals surface area contributed by atoms with Crippen LogP contribution in [0, 0.1) is 11.3 Å². The number of nitriles is 1. The van der Waals surface area contributed by atoms with Crippen LogP contribution < -0.4 is 14.5 Å². The van der Waals surface area contributed by atoms with Gasteiger partial charge in [0.25, 0.3) is 0 Å². The van der Waals surface area contributed by atoms with Crippen LogP contribution in [-0.2, 0) is 22.2 Å². The van der Waals surface area contributed by atoms with E-state index in [1.165, 1.54) is 16.4 Å². The molecule has 6 rings (SSSR count). The number of benzene rings is 2. The second-order valence-electron chi connectivity index (χ2n) is 15.2. The molecule has 3 atom stereocenters. The summed E-state index contributed by atoms with van der Waals surface area (Å²) in [5.74, 6) is 0.542. The Labute approximate surface area is 301 Å². The van der Waals surface area contributed by atoms with Crippen molar-refractivity contribution in [2.24, 2.45) is 0 Å². The summed E-state index contributed by atoms with van der Waals surface area (Å²) >= 11 is 0. The van der Waals surface area contributed by atoms with Crippen molar-refractivity contribution in [3.05, 3.63) is 66.4 Å². The van der Waals surface area contributed by atoms with Gasteiger partial charge in [0.05, 0.1) is 42.9 Å². The van der Waals surface area contributed by atoms with Gasteiger partial charge in [0.1, 0.15) is 12.4 Å². The molecule has 13 heteroatoms. The molecule has 0 aliphatic carbocycles. The molecule has 0 spiro atoms. The third-order valence-corrected chi connectivity index (χ3v) is 15.6. The van der Waals surface area contributed by atoms with E-state index in [9.17, 15) is 20.0 Å². The van der Waals surface area contributed by atoms with E-state index in [0.29, 0.717) is 45.6 Å². The Balaban J connectivity index is 1.33. The first-order valence-corrected chi connectivity index (χ1v) is 20.7. The van der Waals surface area contributed by atoms with Crippen molar-refractivity contribution >= 4 is 42.6 Å². The molecular formula is C38H49N7O5Si. The Morgan fingerprint density at radius 1 is 1.06 bits per heavy atom. The summed E-state index contributed by atoms with van der Waals surface area (Å²) in [4.78, 5) is 42.6. The minimum atomic E-state index is -2.20. The predicted octanol–water partition coefficient (Wildman–Crippen LogP) is 5.83. The number of rotatable bonds is 9. The number of anilines is 2. The van der Waals surface area contributed by atoms with Gasteiger partial charge < -0.3 is 29.0 Å². The summed E-state index contributed by atoms with van der Waals surface area (Å²) < 4.78 is 13.2. The molecule has 2 saturated heterocycles. The van der Waals surface area contributed by atoms with Gasteiger partial charge in [0.15, 0.2) is 8.32 Å². The zero-order valence-corrected chi connectivity index (χ0v) is 31.3. The van der Waals surface area contributed by atoms with Gasteiger partial charge in [-0.25, -0.2) is 4.79 Å². The lowest BCUT2D eigenvalue weighted by Crippen LogP contribution is -2.55. The van der Waals surface area contributed by atoms with Crippen molar-refractivity contribution in [3.63, 3.8) is 0 Å². The van der Waals surface area contributed by atoms with Crippen molar-refractivity contribution < 1.29 is 23.9 Å². The van der Waals surface area contributed by atoms with Gasteiger partial charge in [-0.2, -0.15) is 15.2 Å². The number of ether oxygens (including phenoxy) is 1. The molecule has 0 saturated carbocycles. The van der Waals surface area contributed by atoms with Crippen LogP contribution >= 0.6 is 0 Å². The van der Waals surface area contributed by atoms with Gasteiger partial charge in [-0.3, -0.25) is 9.69 Å². The van der Waals surface area contributed by atoms with Crippen LogP contribution in [0.25, 0.3) is 10.8 Å². The first-order valence-electron chi connectivity index (χ1n) is 17.8. The second kappa shape index (κ2) is 14.5. The Hall–Kier alpha value is -4.67. The first kappa shape index (κ1) is 36.1. The number of carbonyl (C=O) groups is 2. The number of hydrogen-bond donors (Lipinski definition) is 1. The minimum absolute atomic E-state index is 0.0365. The summed E-state index contributed by atoms with van der Waals surface area (Å²) in [5, 5.41) is 22.0. The van der Waals surface area contributed by atoms with Crippen LogP contribution in [0.1, 0.15) is 44.9 Å². The smallest absolute Gasteiger partial charge is 0.407 e. The van der Waals surface area contributed by atoms with Crippen LogP contribution in [0.4, 0.5) is 16.3 Å². The zero-order valence-electron chi connectivity index (χ0n) is 30.3. The Morgan fingerprint density at radius 3 is 2.55 bits per heavy atom. The van der Waals surface area contributed by atoms with Crippen LogP contribution in [0.2, 0.25) is 18.1 Å². The van der Waals surface area contributed by atoms with E-state index < -0.39 is 20.5 Å². The number of aromatic nitrogens is 2. The highest BCUT2D eigenvalue weighted by atomic mass is 28.4. The van der Waals surface area contributed by atoms with Gasteiger partial charge >= 0.3 is 12.1 Å². The molecule has 2 fully saturated rings. The molecule has 1 aromatic heterocycles. The van der Waals surface area contributed by atoms with Crippen LogP contribution in [-0.4, -0.2) is 103 Å². The highest BCUT2D eigenvalue weighted by Gasteiger charge is 2.46. The number of likely N-dealkylation sites (tertiary alicyclic amines) is 1. The fraction of sp³-hybridized carbons (Fsp3) is 0.500. The lowest BCUT2D eigenvalue weighted by atomic mass is 10.0. The number of nitrogens with zero attached hydrogens (tertiary/aromatic N) is 7. The molecule has 3 aliphatic rings. The van der Waals surface area contributed by atoms with Gasteiger partial charge in [0, 0.05) is 49.4 Å². The van der Waals surface area contributed by atoms with Gasteiger partial charge in [-0.05, 0) is 48.5 Å². The molecule has 270 valence electrons. The molecule has 3 aliphatic heterocycles. The van der Waals surface area contributed by atoms with Crippen LogP contribution in [0.15, 0.2) is 55.1 Å². The van der Waals surface area contributed by atoms with E-state index >= 15 is 0 Å². The van der Waals surface area contributed by atoms with Crippen molar-refractivity contribution in [2.75, 3.05) is 49.1 Å². The number of carbonyl (C=O) groups excluding carboxylic acids is 1. The monoisotopic (exact) mass is 711 g/mol. The van der Waals surface area contributed by atoms with Crippen LogP contribution in [0.5, 0.6) is 6.01 Å². The largest absolute Gasteiger partial charge is 0.465 e. The normalized spacial score (nSPS) is 21.0. The molecule has 2 aromatic carbocycles. The molecule has 1 N–H and O–H groups in total. The quantitative estimate of drug-likeness (QED) is 0.213. The predicted molar refractivity (Wildman–Crippen MR) is 200 cm³/mol. The number of hydrogen-bond acceptors (Lipinski definition) is 9. The summed E-state index contributed by atoms with van der Waals surface area (Å²) in [6.45, 7) is 17.6. The highest BCUT2D eigenvalue weighted by molar-refractivity contribution is 6.74. The van der Waals surface area contributed by atoms with Crippen LogP contribution in [0.3, 0.4) is 0 Å². The Bertz CT molecular complexity index is 1830. The molecule has 0 unspecified atom stereocenters. The molecular weight excluding hydrogens is 663 g/mol. The fourth-order valence-electron chi connectivity index (χ4n) is 7.25. The van der Waals surface area contributed by atoms with Crippen molar-refractivity contribution in [1.82, 2.24) is 19.8 Å². The van der Waals surface area contributed by atoms with E-state index in [1.54, 1.807) is 4.90 Å². The van der Waals surface area contributed by atoms with E-state index in [-0.39, 0.29) is 42.1 Å². The molecule has 0 radical (unpaired) electrons. The maximum atomic E-state index is 12.7. The summed E-state index contributed by atoms with van der Waals surface area (Å²) in [5.41, 5.74) is 2.98. The van der Waals surface area contributed by atoms with Crippen molar-refractivity contribution in [3.8, 4) is 12.1 Å². The van der Waals surface area contributed by atoms with Gasteiger partial charge in [-0.15, -0.1) is 0 Å². The van der Waals surface area contributed by atoms with E-state index in [1.807, 2.05) is 6.07 Å². The summed E-state index contributed by atoms with van der Waals surface area (Å²) in [7, 11) is -2.20. The van der Waals surface area contributed by atoms with Crippen molar-refractivity contribution in [1.29, 1.82) is 5.26 Å². The lowest BCUT2D eigenvalue weighted by molar-refractivity contribution is -0.128. The molecule has 4 heterocycles. The van der Waals surface area contributed by atoms with E-state index in [4.69, 9.17) is 19.1 Å². The number of amides is 2. The standard InChI is InChI=1S/C38H49N7O5Si/c1-7-34(46)44-22-21-43(23-27(44)15-18-39)35-29-16-19-42(31-14-10-12-26-11-8-9-13-28(26)31)24-30(29)40-36(41-35)49-25-32-33(17-20-45(32)37(47)48)50-51(5,6)38(2,3)4/h7-14,27,32-33H,1,15-17,19-25H2,2-6H3,(H,47,48)/t27-,32+,33-/m0/s1. The summed E-state index contributed by atoms with van der Waals surface area (Å²) in [6.07, 6.45) is 1.47. The first-order chi connectivity index (χ1) is 24.3. The third-order valence-electron chi connectivity index (χ3n) is 11.1. The molecule has 0 bridgehead atoms. The number of fused-ring (bicyclic) bond motifs is 2.